The molecule has 0 spiro atoms. The second-order valence-electron chi connectivity index (χ2n) is 7.28. The van der Waals surface area contributed by atoms with E-state index in [0.717, 1.165) is 5.56 Å². The molecule has 0 bridgehead atoms. The number of carbonyl (C=O) groups is 2. The summed E-state index contributed by atoms with van der Waals surface area (Å²) in [4.78, 5) is 26.0. The zero-order valence-electron chi connectivity index (χ0n) is 16.9. The molecule has 0 saturated carbocycles. The van der Waals surface area contributed by atoms with Gasteiger partial charge in [0.05, 0.1) is 7.11 Å². The van der Waals surface area contributed by atoms with Crippen LogP contribution < -0.4 is 20.1 Å². The Morgan fingerprint density at radius 3 is 2.61 bits per heavy atom. The van der Waals surface area contributed by atoms with Crippen LogP contribution in [-0.4, -0.2) is 25.5 Å². The number of benzene rings is 3. The molecule has 0 aliphatic carbocycles. The minimum absolute atomic E-state index is 0.0334. The number of anilines is 1. The topological polar surface area (TPSA) is 81.9 Å². The highest BCUT2D eigenvalue weighted by Gasteiger charge is 2.33. The average molecular weight is 437 g/mol. The lowest BCUT2D eigenvalue weighted by Crippen LogP contribution is -2.24. The predicted octanol–water partition coefficient (Wildman–Crippen LogP) is 4.76. The van der Waals surface area contributed by atoms with E-state index < -0.39 is 5.91 Å². The number of hydrogen-bond donors (Lipinski definition) is 1. The molecule has 2 N–H and O–H groups in total. The van der Waals surface area contributed by atoms with E-state index in [0.29, 0.717) is 46.5 Å². The molecular formula is C24H21ClN2O4. The van der Waals surface area contributed by atoms with Gasteiger partial charge in [-0.05, 0) is 42.5 Å². The number of nitrogens with zero attached hydrogens (tertiary/aromatic N) is 1. The lowest BCUT2D eigenvalue weighted by molar-refractivity contribution is -0.117. The van der Waals surface area contributed by atoms with Crippen LogP contribution in [0.2, 0.25) is 5.02 Å². The van der Waals surface area contributed by atoms with Gasteiger partial charge < -0.3 is 20.1 Å². The van der Waals surface area contributed by atoms with Gasteiger partial charge in [-0.25, -0.2) is 0 Å². The molecule has 158 valence electrons. The molecule has 1 unspecified atom stereocenters. The van der Waals surface area contributed by atoms with Crippen molar-refractivity contribution in [3.8, 4) is 17.2 Å². The van der Waals surface area contributed by atoms with Crippen molar-refractivity contribution in [2.24, 2.45) is 5.73 Å². The summed E-state index contributed by atoms with van der Waals surface area (Å²) in [7, 11) is 1.59. The van der Waals surface area contributed by atoms with Crippen molar-refractivity contribution in [2.75, 3.05) is 18.6 Å². The summed E-state index contributed by atoms with van der Waals surface area (Å²) >= 11 is 6.22. The Labute approximate surface area is 185 Å². The Morgan fingerprint density at radius 1 is 1.06 bits per heavy atom. The van der Waals surface area contributed by atoms with Gasteiger partial charge in [-0.2, -0.15) is 0 Å². The molecule has 1 saturated heterocycles. The van der Waals surface area contributed by atoms with Crippen molar-refractivity contribution in [3.63, 3.8) is 0 Å². The van der Waals surface area contributed by atoms with E-state index in [1.54, 1.807) is 54.5 Å². The number of amides is 2. The molecule has 2 amide bonds. The van der Waals surface area contributed by atoms with E-state index in [-0.39, 0.29) is 11.8 Å². The quantitative estimate of drug-likeness (QED) is 0.604. The van der Waals surface area contributed by atoms with Crippen molar-refractivity contribution in [2.45, 2.75) is 12.3 Å². The van der Waals surface area contributed by atoms with Gasteiger partial charge in [0.15, 0.2) is 0 Å². The zero-order valence-corrected chi connectivity index (χ0v) is 17.6. The van der Waals surface area contributed by atoms with Crippen LogP contribution in [0.15, 0.2) is 66.7 Å². The van der Waals surface area contributed by atoms with Crippen molar-refractivity contribution >= 4 is 29.1 Å². The second kappa shape index (κ2) is 8.70. The maximum atomic E-state index is 12.8. The van der Waals surface area contributed by atoms with E-state index in [1.807, 2.05) is 24.3 Å². The zero-order chi connectivity index (χ0) is 22.0. The second-order valence-corrected chi connectivity index (χ2v) is 7.72. The number of primary amides is 1. The number of methoxy groups -OCH3 is 1. The molecule has 1 fully saturated rings. The first-order valence-electron chi connectivity index (χ1n) is 9.76. The summed E-state index contributed by atoms with van der Waals surface area (Å²) in [5.41, 5.74) is 7.27. The van der Waals surface area contributed by atoms with Crippen LogP contribution >= 0.6 is 11.6 Å². The maximum absolute atomic E-state index is 12.8. The Morgan fingerprint density at radius 2 is 1.84 bits per heavy atom. The number of nitrogens with two attached hydrogens (primary N) is 1. The van der Waals surface area contributed by atoms with Crippen molar-refractivity contribution < 1.29 is 19.1 Å². The largest absolute Gasteiger partial charge is 0.497 e. The molecule has 0 aromatic heterocycles. The van der Waals surface area contributed by atoms with Gasteiger partial charge in [0, 0.05) is 46.8 Å². The highest BCUT2D eigenvalue weighted by molar-refractivity contribution is 6.30. The van der Waals surface area contributed by atoms with Crippen LogP contribution in [-0.2, 0) is 4.79 Å². The Balaban J connectivity index is 1.62. The molecule has 0 radical (unpaired) electrons. The van der Waals surface area contributed by atoms with E-state index in [9.17, 15) is 9.59 Å². The molecule has 6 nitrogen and oxygen atoms in total. The molecule has 1 aliphatic heterocycles. The SMILES string of the molecule is COc1cccc(Oc2cc(Cl)ccc2C2CC(=O)N(c3cccc(C(N)=O)c3)C2)c1. The first kappa shape index (κ1) is 20.8. The van der Waals surface area contributed by atoms with Gasteiger partial charge in [0.25, 0.3) is 0 Å². The predicted molar refractivity (Wildman–Crippen MR) is 119 cm³/mol. The Bertz CT molecular complexity index is 1150. The van der Waals surface area contributed by atoms with E-state index in [2.05, 4.69) is 0 Å². The maximum Gasteiger partial charge on any atom is 0.248 e. The molecule has 7 heteroatoms. The van der Waals surface area contributed by atoms with Crippen LogP contribution in [0, 0.1) is 0 Å². The molecule has 1 atom stereocenters. The van der Waals surface area contributed by atoms with Crippen LogP contribution in [0.3, 0.4) is 0 Å². The van der Waals surface area contributed by atoms with Gasteiger partial charge in [-0.1, -0.05) is 29.8 Å². The monoisotopic (exact) mass is 436 g/mol. The standard InChI is InChI=1S/C24H21ClN2O4/c1-30-19-6-3-7-20(13-19)31-22-12-17(25)8-9-21(22)16-11-23(28)27(14-16)18-5-2-4-15(10-18)24(26)29/h2-10,12-13,16H,11,14H2,1H3,(H2,26,29). The molecule has 4 rings (SSSR count). The minimum atomic E-state index is -0.531. The fourth-order valence-corrected chi connectivity index (χ4v) is 3.88. The molecule has 31 heavy (non-hydrogen) atoms. The summed E-state index contributed by atoms with van der Waals surface area (Å²) in [6.07, 6.45) is 0.316. The van der Waals surface area contributed by atoms with Gasteiger partial charge in [-0.15, -0.1) is 0 Å². The third kappa shape index (κ3) is 4.49. The normalized spacial score (nSPS) is 15.7. The van der Waals surface area contributed by atoms with Crippen molar-refractivity contribution in [1.29, 1.82) is 0 Å². The van der Waals surface area contributed by atoms with Crippen LogP contribution in [0.25, 0.3) is 0 Å². The summed E-state index contributed by atoms with van der Waals surface area (Å²) < 4.78 is 11.4. The molecule has 1 heterocycles. The number of carbonyl (C=O) groups excluding carboxylic acids is 2. The highest BCUT2D eigenvalue weighted by atomic mass is 35.5. The molecule has 1 aliphatic rings. The first-order chi connectivity index (χ1) is 14.9. The van der Waals surface area contributed by atoms with E-state index >= 15 is 0 Å². The first-order valence-corrected chi connectivity index (χ1v) is 10.1. The minimum Gasteiger partial charge on any atom is -0.497 e. The van der Waals surface area contributed by atoms with Crippen LogP contribution in [0.5, 0.6) is 17.2 Å². The third-order valence-corrected chi connectivity index (χ3v) is 5.49. The molecule has 3 aromatic rings. The summed E-state index contributed by atoms with van der Waals surface area (Å²) in [5, 5.41) is 0.539. The van der Waals surface area contributed by atoms with Gasteiger partial charge >= 0.3 is 0 Å². The van der Waals surface area contributed by atoms with Gasteiger partial charge in [0.2, 0.25) is 11.8 Å². The molecule has 3 aromatic carbocycles. The van der Waals surface area contributed by atoms with Gasteiger partial charge in [0.1, 0.15) is 17.2 Å². The fourth-order valence-electron chi connectivity index (χ4n) is 3.72. The fraction of sp³-hybridized carbons (Fsp3) is 0.167. The van der Waals surface area contributed by atoms with Crippen molar-refractivity contribution in [1.82, 2.24) is 0 Å². The van der Waals surface area contributed by atoms with Crippen LogP contribution in [0.1, 0.15) is 28.3 Å². The number of rotatable bonds is 6. The van der Waals surface area contributed by atoms with E-state index in [4.69, 9.17) is 26.8 Å². The lowest BCUT2D eigenvalue weighted by atomic mass is 9.97. The summed E-state index contributed by atoms with van der Waals surface area (Å²) in [5.74, 6) is 1.22. The third-order valence-electron chi connectivity index (χ3n) is 5.25. The smallest absolute Gasteiger partial charge is 0.248 e. The average Bonchev–Trinajstić information content (AvgIpc) is 3.15. The van der Waals surface area contributed by atoms with Crippen molar-refractivity contribution in [3.05, 3.63) is 82.9 Å². The lowest BCUT2D eigenvalue weighted by Gasteiger charge is -2.19. The summed E-state index contributed by atoms with van der Waals surface area (Å²) in [6, 6.07) is 19.5. The molecular weight excluding hydrogens is 416 g/mol. The number of ether oxygens (including phenoxy) is 2. The highest BCUT2D eigenvalue weighted by Crippen LogP contribution is 2.39. The van der Waals surface area contributed by atoms with Crippen LogP contribution in [0.4, 0.5) is 5.69 Å². The number of halogens is 1. The number of hydrogen-bond acceptors (Lipinski definition) is 4. The van der Waals surface area contributed by atoms with Gasteiger partial charge in [-0.3, -0.25) is 9.59 Å². The Kier molecular flexibility index (Phi) is 5.82. The van der Waals surface area contributed by atoms with E-state index in [1.165, 1.54) is 0 Å². The summed E-state index contributed by atoms with van der Waals surface area (Å²) in [6.45, 7) is 0.456. The Hall–Kier alpha value is -3.51.